The van der Waals surface area contributed by atoms with Gasteiger partial charge in [0.25, 0.3) is 11.5 Å². The molecular weight excluding hydrogens is 420 g/mol. The van der Waals surface area contributed by atoms with Crippen LogP contribution in [0.15, 0.2) is 58.4 Å². The SMILES string of the molecule is CC(C)CN(C(=O)/C=C/c1cnn(-c2ccccc2)c1)c1c(N)n(CC(C)C)c(=O)[nH]c1=O. The lowest BCUT2D eigenvalue weighted by Gasteiger charge is -2.25. The summed E-state index contributed by atoms with van der Waals surface area (Å²) in [5.41, 5.74) is 6.57. The van der Waals surface area contributed by atoms with Gasteiger partial charge in [-0.1, -0.05) is 45.9 Å². The van der Waals surface area contributed by atoms with Crippen molar-refractivity contribution < 1.29 is 4.79 Å². The number of nitrogens with two attached hydrogens (primary N) is 1. The van der Waals surface area contributed by atoms with Crippen LogP contribution in [-0.2, 0) is 11.3 Å². The van der Waals surface area contributed by atoms with Gasteiger partial charge >= 0.3 is 5.69 Å². The molecule has 9 nitrogen and oxygen atoms in total. The van der Waals surface area contributed by atoms with E-state index in [2.05, 4.69) is 10.1 Å². The number of aromatic nitrogens is 4. The monoisotopic (exact) mass is 450 g/mol. The molecule has 0 aliphatic carbocycles. The normalized spacial score (nSPS) is 11.6. The fourth-order valence-electron chi connectivity index (χ4n) is 3.44. The largest absolute Gasteiger partial charge is 0.383 e. The van der Waals surface area contributed by atoms with Crippen LogP contribution in [0.5, 0.6) is 0 Å². The topological polar surface area (TPSA) is 119 Å². The van der Waals surface area contributed by atoms with Crippen molar-refractivity contribution in [2.45, 2.75) is 34.2 Å². The number of nitrogen functional groups attached to an aromatic ring is 1. The van der Waals surface area contributed by atoms with Gasteiger partial charge in [0.15, 0.2) is 5.69 Å². The van der Waals surface area contributed by atoms with E-state index in [1.165, 1.54) is 15.5 Å². The number of anilines is 2. The van der Waals surface area contributed by atoms with Gasteiger partial charge < -0.3 is 10.6 Å². The van der Waals surface area contributed by atoms with Crippen LogP contribution in [0.1, 0.15) is 33.3 Å². The quantitative estimate of drug-likeness (QED) is 0.512. The summed E-state index contributed by atoms with van der Waals surface area (Å²) in [7, 11) is 0. The average Bonchev–Trinajstić information content (AvgIpc) is 3.23. The van der Waals surface area contributed by atoms with Crippen LogP contribution in [0.2, 0.25) is 0 Å². The lowest BCUT2D eigenvalue weighted by molar-refractivity contribution is -0.114. The molecule has 1 amide bonds. The molecular formula is C24H30N6O3. The van der Waals surface area contributed by atoms with Crippen molar-refractivity contribution >= 4 is 23.5 Å². The van der Waals surface area contributed by atoms with Crippen molar-refractivity contribution in [1.82, 2.24) is 19.3 Å². The molecule has 0 aliphatic rings. The fourth-order valence-corrected chi connectivity index (χ4v) is 3.44. The van der Waals surface area contributed by atoms with E-state index in [1.807, 2.05) is 58.0 Å². The lowest BCUT2D eigenvalue weighted by Crippen LogP contribution is -2.42. The molecule has 0 atom stereocenters. The number of carbonyl (C=O) groups is 1. The Labute approximate surface area is 192 Å². The second kappa shape index (κ2) is 10.2. The summed E-state index contributed by atoms with van der Waals surface area (Å²) < 4.78 is 3.01. The fraction of sp³-hybridized carbons (Fsp3) is 0.333. The van der Waals surface area contributed by atoms with E-state index in [1.54, 1.807) is 23.2 Å². The van der Waals surface area contributed by atoms with Crippen molar-refractivity contribution in [1.29, 1.82) is 0 Å². The zero-order valence-electron chi connectivity index (χ0n) is 19.4. The molecule has 0 unspecified atom stereocenters. The molecule has 3 N–H and O–H groups in total. The number of para-hydroxylation sites is 1. The minimum Gasteiger partial charge on any atom is -0.383 e. The molecule has 0 radical (unpaired) electrons. The molecule has 0 fully saturated rings. The van der Waals surface area contributed by atoms with Crippen molar-refractivity contribution in [2.24, 2.45) is 11.8 Å². The summed E-state index contributed by atoms with van der Waals surface area (Å²) in [6, 6.07) is 9.61. The predicted molar refractivity (Wildman–Crippen MR) is 130 cm³/mol. The predicted octanol–water partition coefficient (Wildman–Crippen LogP) is 2.66. The Bertz CT molecular complexity index is 1250. The van der Waals surface area contributed by atoms with Crippen LogP contribution in [0.25, 0.3) is 11.8 Å². The molecule has 2 aromatic heterocycles. The Kier molecular flexibility index (Phi) is 7.32. The summed E-state index contributed by atoms with van der Waals surface area (Å²) >= 11 is 0. The highest BCUT2D eigenvalue weighted by Gasteiger charge is 2.24. The Balaban J connectivity index is 1.94. The number of amides is 1. The Morgan fingerprint density at radius 3 is 2.48 bits per heavy atom. The van der Waals surface area contributed by atoms with E-state index < -0.39 is 17.2 Å². The average molecular weight is 451 g/mol. The van der Waals surface area contributed by atoms with Gasteiger partial charge in [-0.2, -0.15) is 5.10 Å². The van der Waals surface area contributed by atoms with E-state index in [0.717, 1.165) is 11.3 Å². The van der Waals surface area contributed by atoms with Crippen molar-refractivity contribution in [3.05, 3.63) is 75.2 Å². The highest BCUT2D eigenvalue weighted by molar-refractivity contribution is 6.05. The Morgan fingerprint density at radius 2 is 1.85 bits per heavy atom. The zero-order valence-corrected chi connectivity index (χ0v) is 19.4. The second-order valence-corrected chi connectivity index (χ2v) is 8.73. The van der Waals surface area contributed by atoms with Gasteiger partial charge in [-0.3, -0.25) is 19.1 Å². The molecule has 9 heteroatoms. The molecule has 3 rings (SSSR count). The maximum atomic E-state index is 13.2. The highest BCUT2D eigenvalue weighted by Crippen LogP contribution is 2.20. The molecule has 0 bridgehead atoms. The minimum atomic E-state index is -0.684. The third kappa shape index (κ3) is 5.68. The Morgan fingerprint density at radius 1 is 1.15 bits per heavy atom. The molecule has 0 aliphatic heterocycles. The molecule has 174 valence electrons. The number of nitrogens with one attached hydrogen (secondary N) is 1. The Hall–Kier alpha value is -3.88. The van der Waals surface area contributed by atoms with Crippen LogP contribution in [-0.4, -0.2) is 31.8 Å². The number of benzene rings is 1. The van der Waals surface area contributed by atoms with E-state index in [9.17, 15) is 14.4 Å². The van der Waals surface area contributed by atoms with Crippen LogP contribution >= 0.6 is 0 Å². The summed E-state index contributed by atoms with van der Waals surface area (Å²) in [5.74, 6) is -0.244. The van der Waals surface area contributed by atoms with Gasteiger partial charge in [-0.25, -0.2) is 9.48 Å². The molecule has 3 aromatic rings. The number of hydrogen-bond donors (Lipinski definition) is 2. The zero-order chi connectivity index (χ0) is 24.1. The highest BCUT2D eigenvalue weighted by atomic mass is 16.2. The van der Waals surface area contributed by atoms with Gasteiger partial charge in [0.05, 0.1) is 11.9 Å². The molecule has 0 saturated carbocycles. The molecule has 33 heavy (non-hydrogen) atoms. The van der Waals surface area contributed by atoms with E-state index >= 15 is 0 Å². The van der Waals surface area contributed by atoms with Gasteiger partial charge in [0.2, 0.25) is 0 Å². The summed E-state index contributed by atoms with van der Waals surface area (Å²) in [5, 5.41) is 4.32. The van der Waals surface area contributed by atoms with Gasteiger partial charge in [-0.15, -0.1) is 0 Å². The van der Waals surface area contributed by atoms with E-state index in [-0.39, 0.29) is 29.9 Å². The first-order valence-corrected chi connectivity index (χ1v) is 10.9. The number of rotatable bonds is 8. The molecule has 1 aromatic carbocycles. The minimum absolute atomic E-state index is 0.0152. The smallest absolute Gasteiger partial charge is 0.330 e. The van der Waals surface area contributed by atoms with Crippen molar-refractivity contribution in [3.8, 4) is 5.69 Å². The van der Waals surface area contributed by atoms with Gasteiger partial charge in [0.1, 0.15) is 5.82 Å². The first kappa shape index (κ1) is 23.8. The van der Waals surface area contributed by atoms with Crippen molar-refractivity contribution in [2.75, 3.05) is 17.2 Å². The second-order valence-electron chi connectivity index (χ2n) is 8.73. The number of H-pyrrole nitrogens is 1. The number of nitrogens with zero attached hydrogens (tertiary/aromatic N) is 4. The van der Waals surface area contributed by atoms with E-state index in [4.69, 9.17) is 5.73 Å². The summed E-state index contributed by atoms with van der Waals surface area (Å²) in [6.07, 6.45) is 6.46. The van der Waals surface area contributed by atoms with Crippen LogP contribution in [0.3, 0.4) is 0 Å². The van der Waals surface area contributed by atoms with Gasteiger partial charge in [-0.05, 0) is 30.0 Å². The molecule has 2 heterocycles. The molecule has 0 spiro atoms. The first-order chi connectivity index (χ1) is 15.7. The standard InChI is InChI=1S/C24H30N6O3/c1-16(2)13-28(21-22(25)29(14-17(3)4)24(33)27-23(21)32)20(31)11-10-18-12-26-30(15-18)19-8-6-5-7-9-19/h5-12,15-17H,13-14,25H2,1-4H3,(H,27,32,33)/b11-10+. The maximum absolute atomic E-state index is 13.2. The van der Waals surface area contributed by atoms with Crippen molar-refractivity contribution in [3.63, 3.8) is 0 Å². The third-order valence-electron chi connectivity index (χ3n) is 4.89. The molecule has 0 saturated heterocycles. The number of aromatic amines is 1. The first-order valence-electron chi connectivity index (χ1n) is 10.9. The lowest BCUT2D eigenvalue weighted by atomic mass is 10.2. The van der Waals surface area contributed by atoms with Gasteiger partial charge in [0, 0.05) is 30.9 Å². The number of carbonyl (C=O) groups excluding carboxylic acids is 1. The van der Waals surface area contributed by atoms with Crippen LogP contribution < -0.4 is 21.9 Å². The maximum Gasteiger partial charge on any atom is 0.330 e. The number of hydrogen-bond acceptors (Lipinski definition) is 5. The van der Waals surface area contributed by atoms with Crippen LogP contribution in [0, 0.1) is 11.8 Å². The third-order valence-corrected chi connectivity index (χ3v) is 4.89. The summed E-state index contributed by atoms with van der Waals surface area (Å²) in [4.78, 5) is 41.8. The van der Waals surface area contributed by atoms with Crippen LogP contribution in [0.4, 0.5) is 11.5 Å². The van der Waals surface area contributed by atoms with E-state index in [0.29, 0.717) is 6.54 Å². The summed E-state index contributed by atoms with van der Waals surface area (Å²) in [6.45, 7) is 8.33.